The second-order valence-electron chi connectivity index (χ2n) is 9.61. The van der Waals surface area contributed by atoms with Crippen LogP contribution in [0, 0.1) is 13.8 Å². The van der Waals surface area contributed by atoms with Crippen molar-refractivity contribution in [2.75, 3.05) is 19.7 Å². The minimum Gasteiger partial charge on any atom is -0.494 e. The molecule has 0 unspecified atom stereocenters. The number of carbonyl (C=O) groups is 2. The molecule has 0 aliphatic carbocycles. The molecule has 1 spiro atoms. The Bertz CT molecular complexity index is 1240. The topological polar surface area (TPSA) is 55.8 Å². The molecule has 3 aromatic carbocycles. The molecule has 1 fully saturated rings. The molecule has 5 nitrogen and oxygen atoms in total. The number of amides is 1. The molecule has 176 valence electrons. The Morgan fingerprint density at radius 2 is 1.79 bits per heavy atom. The number of carbonyl (C=O) groups excluding carboxylic acids is 2. The third-order valence-corrected chi connectivity index (χ3v) is 7.33. The van der Waals surface area contributed by atoms with Gasteiger partial charge in [-0.1, -0.05) is 36.4 Å². The fraction of sp³-hybridized carbons (Fsp3) is 0.379. The maximum Gasteiger partial charge on any atom is 0.222 e. The summed E-state index contributed by atoms with van der Waals surface area (Å²) in [6, 6.07) is 18.1. The van der Waals surface area contributed by atoms with Gasteiger partial charge in [0.25, 0.3) is 0 Å². The molecule has 2 aliphatic rings. The molecule has 2 aliphatic heterocycles. The number of benzene rings is 3. The highest BCUT2D eigenvalue weighted by Gasteiger charge is 2.44. The van der Waals surface area contributed by atoms with Gasteiger partial charge >= 0.3 is 0 Å². The molecule has 0 bridgehead atoms. The molecule has 0 saturated carbocycles. The first kappa shape index (κ1) is 22.5. The van der Waals surface area contributed by atoms with Crippen molar-refractivity contribution in [3.63, 3.8) is 0 Å². The van der Waals surface area contributed by atoms with Crippen molar-refractivity contribution in [3.8, 4) is 11.5 Å². The van der Waals surface area contributed by atoms with Gasteiger partial charge in [-0.2, -0.15) is 0 Å². The molecule has 34 heavy (non-hydrogen) atoms. The number of Topliss-reactive ketones (excluding diaryl/α,β-unsaturated/α-hetero) is 1. The van der Waals surface area contributed by atoms with Crippen LogP contribution in [0.15, 0.2) is 54.6 Å². The third kappa shape index (κ3) is 4.39. The van der Waals surface area contributed by atoms with Gasteiger partial charge in [-0.15, -0.1) is 0 Å². The van der Waals surface area contributed by atoms with Crippen LogP contribution in [0.4, 0.5) is 0 Å². The summed E-state index contributed by atoms with van der Waals surface area (Å²) in [5.41, 5.74) is 2.37. The first-order chi connectivity index (χ1) is 16.4. The van der Waals surface area contributed by atoms with E-state index in [2.05, 4.69) is 18.2 Å². The van der Waals surface area contributed by atoms with Crippen LogP contribution < -0.4 is 9.47 Å². The van der Waals surface area contributed by atoms with E-state index >= 15 is 0 Å². The molecule has 5 rings (SSSR count). The summed E-state index contributed by atoms with van der Waals surface area (Å²) in [6.07, 6.45) is 2.90. The molecule has 0 aromatic heterocycles. The van der Waals surface area contributed by atoms with Crippen molar-refractivity contribution in [2.45, 2.75) is 51.6 Å². The van der Waals surface area contributed by atoms with E-state index in [1.807, 2.05) is 55.1 Å². The fourth-order valence-corrected chi connectivity index (χ4v) is 5.05. The molecule has 5 heteroatoms. The second-order valence-corrected chi connectivity index (χ2v) is 9.61. The average molecular weight is 458 g/mol. The first-order valence-electron chi connectivity index (χ1n) is 12.2. The van der Waals surface area contributed by atoms with Crippen molar-refractivity contribution in [1.82, 2.24) is 4.90 Å². The van der Waals surface area contributed by atoms with Gasteiger partial charge in [-0.05, 0) is 60.4 Å². The fourth-order valence-electron chi connectivity index (χ4n) is 5.05. The van der Waals surface area contributed by atoms with Crippen LogP contribution in [-0.4, -0.2) is 41.9 Å². The lowest BCUT2D eigenvalue weighted by Gasteiger charge is -2.44. The zero-order valence-electron chi connectivity index (χ0n) is 19.9. The molecule has 0 radical (unpaired) electrons. The standard InChI is InChI=1S/C29H31NO4/c1-20-9-12-25-26(31)19-29(34-28(25)21(20)2)13-15-30(16-14-29)27(32)8-5-17-33-24-11-10-22-6-3-4-7-23(22)18-24/h3-4,6-7,9-12,18H,5,8,13-17,19H2,1-2H3. The predicted octanol–water partition coefficient (Wildman–Crippen LogP) is 5.64. The number of ether oxygens (including phenoxy) is 2. The van der Waals surface area contributed by atoms with E-state index in [1.165, 1.54) is 5.39 Å². The Morgan fingerprint density at radius 3 is 2.59 bits per heavy atom. The molecule has 0 atom stereocenters. The average Bonchev–Trinajstić information content (AvgIpc) is 2.84. The number of likely N-dealkylation sites (tertiary alicyclic amines) is 1. The molecule has 1 saturated heterocycles. The van der Waals surface area contributed by atoms with Crippen LogP contribution in [0.25, 0.3) is 10.8 Å². The monoisotopic (exact) mass is 457 g/mol. The smallest absolute Gasteiger partial charge is 0.222 e. The lowest BCUT2D eigenvalue weighted by Crippen LogP contribution is -2.52. The Hall–Kier alpha value is -3.34. The van der Waals surface area contributed by atoms with Crippen molar-refractivity contribution in [1.29, 1.82) is 0 Å². The van der Waals surface area contributed by atoms with Gasteiger partial charge < -0.3 is 14.4 Å². The van der Waals surface area contributed by atoms with Gasteiger partial charge in [-0.25, -0.2) is 0 Å². The van der Waals surface area contributed by atoms with E-state index in [9.17, 15) is 9.59 Å². The van der Waals surface area contributed by atoms with Crippen LogP contribution in [0.5, 0.6) is 11.5 Å². The molecular formula is C29H31NO4. The number of piperidine rings is 1. The minimum atomic E-state index is -0.487. The first-order valence-corrected chi connectivity index (χ1v) is 12.2. The minimum absolute atomic E-state index is 0.145. The molecule has 2 heterocycles. The summed E-state index contributed by atoms with van der Waals surface area (Å²) in [7, 11) is 0. The third-order valence-electron chi connectivity index (χ3n) is 7.33. The van der Waals surface area contributed by atoms with Gasteiger partial charge in [0.1, 0.15) is 17.1 Å². The molecular weight excluding hydrogens is 426 g/mol. The van der Waals surface area contributed by atoms with Crippen LogP contribution in [0.1, 0.15) is 53.6 Å². The van der Waals surface area contributed by atoms with Crippen LogP contribution in [0.3, 0.4) is 0 Å². The van der Waals surface area contributed by atoms with Crippen molar-refractivity contribution in [2.24, 2.45) is 0 Å². The van der Waals surface area contributed by atoms with E-state index in [-0.39, 0.29) is 11.7 Å². The highest BCUT2D eigenvalue weighted by Crippen LogP contribution is 2.41. The Balaban J connectivity index is 1.12. The summed E-state index contributed by atoms with van der Waals surface area (Å²) >= 11 is 0. The Morgan fingerprint density at radius 1 is 1.03 bits per heavy atom. The number of aryl methyl sites for hydroxylation is 1. The van der Waals surface area contributed by atoms with Crippen molar-refractivity contribution in [3.05, 3.63) is 71.3 Å². The zero-order valence-corrected chi connectivity index (χ0v) is 19.9. The maximum absolute atomic E-state index is 12.8. The van der Waals surface area contributed by atoms with Gasteiger partial charge in [-0.3, -0.25) is 9.59 Å². The van der Waals surface area contributed by atoms with Crippen molar-refractivity contribution >= 4 is 22.5 Å². The largest absolute Gasteiger partial charge is 0.494 e. The second kappa shape index (κ2) is 9.13. The highest BCUT2D eigenvalue weighted by atomic mass is 16.5. The van der Waals surface area contributed by atoms with E-state index in [4.69, 9.17) is 9.47 Å². The van der Waals surface area contributed by atoms with E-state index in [0.29, 0.717) is 57.4 Å². The zero-order chi connectivity index (χ0) is 23.7. The molecule has 3 aromatic rings. The van der Waals surface area contributed by atoms with Gasteiger partial charge in [0, 0.05) is 32.4 Å². The van der Waals surface area contributed by atoms with Crippen molar-refractivity contribution < 1.29 is 19.1 Å². The lowest BCUT2D eigenvalue weighted by molar-refractivity contribution is -0.135. The predicted molar refractivity (Wildman–Crippen MR) is 133 cm³/mol. The summed E-state index contributed by atoms with van der Waals surface area (Å²) in [4.78, 5) is 27.5. The van der Waals surface area contributed by atoms with Crippen LogP contribution in [0.2, 0.25) is 0 Å². The molecule has 1 amide bonds. The maximum atomic E-state index is 12.8. The SMILES string of the molecule is Cc1ccc2c(c1C)OC1(CCN(C(=O)CCCOc3ccc4ccccc4c3)CC1)CC2=O. The highest BCUT2D eigenvalue weighted by molar-refractivity contribution is 6.01. The Kier molecular flexibility index (Phi) is 6.03. The number of ketones is 1. The molecule has 0 N–H and O–H groups in total. The summed E-state index contributed by atoms with van der Waals surface area (Å²) in [5, 5.41) is 2.33. The number of hydrogen-bond donors (Lipinski definition) is 0. The number of nitrogens with zero attached hydrogens (tertiary/aromatic N) is 1. The number of rotatable bonds is 5. The Labute approximate surface area is 200 Å². The van der Waals surface area contributed by atoms with Crippen LogP contribution >= 0.6 is 0 Å². The summed E-state index contributed by atoms with van der Waals surface area (Å²) < 4.78 is 12.3. The number of fused-ring (bicyclic) bond motifs is 2. The van der Waals surface area contributed by atoms with Gasteiger partial charge in [0.15, 0.2) is 5.78 Å². The number of hydrogen-bond acceptors (Lipinski definition) is 4. The van der Waals surface area contributed by atoms with Gasteiger partial charge in [0.05, 0.1) is 18.6 Å². The normalized spacial score (nSPS) is 16.9. The van der Waals surface area contributed by atoms with E-state index in [0.717, 1.165) is 28.0 Å². The summed E-state index contributed by atoms with van der Waals surface area (Å²) in [6.45, 7) is 5.80. The lowest BCUT2D eigenvalue weighted by atomic mass is 9.81. The van der Waals surface area contributed by atoms with Gasteiger partial charge in [0.2, 0.25) is 5.91 Å². The van der Waals surface area contributed by atoms with E-state index in [1.54, 1.807) is 0 Å². The summed E-state index contributed by atoms with van der Waals surface area (Å²) in [5.74, 6) is 1.86. The van der Waals surface area contributed by atoms with Crippen LogP contribution in [-0.2, 0) is 4.79 Å². The quantitative estimate of drug-likeness (QED) is 0.465. The van der Waals surface area contributed by atoms with E-state index < -0.39 is 5.60 Å².